The van der Waals surface area contributed by atoms with E-state index in [-0.39, 0.29) is 37.2 Å². The molecule has 2 aliphatic heterocycles. The quantitative estimate of drug-likeness (QED) is 0.614. The van der Waals surface area contributed by atoms with E-state index < -0.39 is 5.54 Å². The highest BCUT2D eigenvalue weighted by Crippen LogP contribution is 2.28. The van der Waals surface area contributed by atoms with Crippen LogP contribution in [-0.2, 0) is 14.4 Å². The Morgan fingerprint density at radius 3 is 2.64 bits per heavy atom. The van der Waals surface area contributed by atoms with Crippen molar-refractivity contribution < 1.29 is 19.5 Å². The van der Waals surface area contributed by atoms with Crippen LogP contribution in [0.15, 0.2) is 24.3 Å². The molecule has 1 aromatic carbocycles. The van der Waals surface area contributed by atoms with Crippen LogP contribution in [0.25, 0.3) is 6.08 Å². The number of rotatable bonds is 6. The number of piperidine rings is 1. The van der Waals surface area contributed by atoms with Gasteiger partial charge in [0.1, 0.15) is 0 Å². The smallest absolute Gasteiger partial charge is 0.246 e. The summed E-state index contributed by atoms with van der Waals surface area (Å²) < 4.78 is 0. The van der Waals surface area contributed by atoms with Gasteiger partial charge in [0.15, 0.2) is 0 Å². The molecule has 0 aliphatic carbocycles. The highest BCUT2D eigenvalue weighted by Gasteiger charge is 2.37. The molecule has 1 atom stereocenters. The van der Waals surface area contributed by atoms with Gasteiger partial charge in [-0.15, -0.1) is 0 Å². The van der Waals surface area contributed by atoms with Gasteiger partial charge in [-0.05, 0) is 50.0 Å². The maximum atomic E-state index is 12.8. The van der Waals surface area contributed by atoms with Crippen molar-refractivity contribution >= 4 is 47.0 Å². The van der Waals surface area contributed by atoms with E-state index in [9.17, 15) is 19.5 Å². The van der Waals surface area contributed by atoms with Crippen LogP contribution < -0.4 is 0 Å². The Hall–Kier alpha value is -2.09. The molecule has 0 bridgehead atoms. The van der Waals surface area contributed by atoms with Gasteiger partial charge in [-0.25, -0.2) is 0 Å². The molecule has 3 rings (SSSR count). The van der Waals surface area contributed by atoms with Crippen molar-refractivity contribution in [3.63, 3.8) is 0 Å². The van der Waals surface area contributed by atoms with E-state index in [0.717, 1.165) is 24.8 Å². The third-order valence-electron chi connectivity index (χ3n) is 6.50. The van der Waals surface area contributed by atoms with E-state index in [1.54, 1.807) is 39.0 Å². The Labute approximate surface area is 204 Å². The fourth-order valence-corrected chi connectivity index (χ4v) is 4.66. The van der Waals surface area contributed by atoms with Gasteiger partial charge in [0.05, 0.1) is 22.2 Å². The lowest BCUT2D eigenvalue weighted by atomic mass is 9.89. The lowest BCUT2D eigenvalue weighted by Gasteiger charge is -2.44. The number of amides is 3. The van der Waals surface area contributed by atoms with Gasteiger partial charge in [-0.1, -0.05) is 29.3 Å². The topological polar surface area (TPSA) is 81.2 Å². The predicted molar refractivity (Wildman–Crippen MR) is 129 cm³/mol. The summed E-state index contributed by atoms with van der Waals surface area (Å²) in [6, 6.07) is 5.13. The number of benzene rings is 1. The number of carbonyl (C=O) groups excluding carboxylic acids is 3. The normalized spacial score (nSPS) is 22.1. The standard InChI is InChI=1S/C24H31Cl2N3O4/c1-24(17-30)10-2-3-11-29(24)23(33)9-13-28-15-14-27(12-8-22(28)32)21(31)7-5-18-4-6-19(25)20(26)16-18/h4-7,16,30H,2-3,8-15,17H2,1H3. The highest BCUT2D eigenvalue weighted by molar-refractivity contribution is 6.42. The lowest BCUT2D eigenvalue weighted by Crippen LogP contribution is -2.55. The lowest BCUT2D eigenvalue weighted by molar-refractivity contribution is -0.142. The first kappa shape index (κ1) is 25.5. The molecule has 2 saturated heterocycles. The van der Waals surface area contributed by atoms with Gasteiger partial charge in [-0.3, -0.25) is 14.4 Å². The van der Waals surface area contributed by atoms with Gasteiger partial charge in [-0.2, -0.15) is 0 Å². The van der Waals surface area contributed by atoms with Crippen LogP contribution in [0.4, 0.5) is 0 Å². The zero-order valence-electron chi connectivity index (χ0n) is 18.9. The number of hydrogen-bond donors (Lipinski definition) is 1. The molecule has 0 radical (unpaired) electrons. The summed E-state index contributed by atoms with van der Waals surface area (Å²) in [6.07, 6.45) is 6.28. The number of aliphatic hydroxyl groups is 1. The maximum Gasteiger partial charge on any atom is 0.246 e. The number of halogens is 2. The number of likely N-dealkylation sites (tertiary alicyclic amines) is 1. The van der Waals surface area contributed by atoms with Crippen LogP contribution >= 0.6 is 23.2 Å². The number of hydrogen-bond acceptors (Lipinski definition) is 4. The number of nitrogens with zero attached hydrogens (tertiary/aromatic N) is 3. The average Bonchev–Trinajstić information content (AvgIpc) is 2.99. The largest absolute Gasteiger partial charge is 0.394 e. The molecular formula is C24H31Cl2N3O4. The minimum Gasteiger partial charge on any atom is -0.394 e. The SMILES string of the molecule is CC1(CO)CCCCN1C(=O)CCN1CCN(C(=O)C=Cc2ccc(Cl)c(Cl)c2)CCC1=O. The molecule has 2 aliphatic rings. The van der Waals surface area contributed by atoms with E-state index in [2.05, 4.69) is 0 Å². The van der Waals surface area contributed by atoms with E-state index in [1.807, 2.05) is 6.92 Å². The summed E-state index contributed by atoms with van der Waals surface area (Å²) in [5.74, 6) is -0.283. The van der Waals surface area contributed by atoms with Crippen LogP contribution in [0.3, 0.4) is 0 Å². The molecule has 1 unspecified atom stereocenters. The van der Waals surface area contributed by atoms with Gasteiger partial charge in [0, 0.05) is 51.6 Å². The molecule has 0 aromatic heterocycles. The second-order valence-electron chi connectivity index (χ2n) is 8.87. The minimum atomic E-state index is -0.526. The minimum absolute atomic E-state index is 0.0409. The number of aliphatic hydroxyl groups excluding tert-OH is 1. The van der Waals surface area contributed by atoms with Crippen LogP contribution in [0.5, 0.6) is 0 Å². The first-order valence-electron chi connectivity index (χ1n) is 11.3. The van der Waals surface area contributed by atoms with Gasteiger partial charge in [0.2, 0.25) is 17.7 Å². The van der Waals surface area contributed by atoms with Crippen LogP contribution in [0.2, 0.25) is 10.0 Å². The van der Waals surface area contributed by atoms with E-state index in [1.165, 1.54) is 6.08 Å². The van der Waals surface area contributed by atoms with Crippen molar-refractivity contribution in [3.05, 3.63) is 39.9 Å². The molecule has 7 nitrogen and oxygen atoms in total. The predicted octanol–water partition coefficient (Wildman–Crippen LogP) is 3.22. The molecule has 3 amide bonds. The summed E-state index contributed by atoms with van der Waals surface area (Å²) in [5.41, 5.74) is 0.235. The maximum absolute atomic E-state index is 12.8. The first-order valence-corrected chi connectivity index (χ1v) is 12.1. The average molecular weight is 496 g/mol. The molecule has 2 fully saturated rings. The second kappa shape index (κ2) is 11.4. The molecule has 2 heterocycles. The second-order valence-corrected chi connectivity index (χ2v) is 9.68. The van der Waals surface area contributed by atoms with Crippen molar-refractivity contribution in [2.45, 2.75) is 44.6 Å². The number of carbonyl (C=O) groups is 3. The Kier molecular flexibility index (Phi) is 8.79. The molecular weight excluding hydrogens is 465 g/mol. The monoisotopic (exact) mass is 495 g/mol. The van der Waals surface area contributed by atoms with Crippen LogP contribution in [-0.4, -0.2) is 82.4 Å². The van der Waals surface area contributed by atoms with Gasteiger partial charge in [0.25, 0.3) is 0 Å². The highest BCUT2D eigenvalue weighted by atomic mass is 35.5. The van der Waals surface area contributed by atoms with Crippen molar-refractivity contribution in [1.82, 2.24) is 14.7 Å². The first-order chi connectivity index (χ1) is 15.7. The summed E-state index contributed by atoms with van der Waals surface area (Å²) in [5, 5.41) is 10.6. The van der Waals surface area contributed by atoms with E-state index in [4.69, 9.17) is 23.2 Å². The van der Waals surface area contributed by atoms with Gasteiger partial charge >= 0.3 is 0 Å². The summed E-state index contributed by atoms with van der Waals surface area (Å²) in [7, 11) is 0. The van der Waals surface area contributed by atoms with Gasteiger partial charge < -0.3 is 19.8 Å². The van der Waals surface area contributed by atoms with Crippen molar-refractivity contribution in [3.8, 4) is 0 Å². The van der Waals surface area contributed by atoms with Crippen LogP contribution in [0, 0.1) is 0 Å². The Morgan fingerprint density at radius 2 is 1.91 bits per heavy atom. The molecule has 33 heavy (non-hydrogen) atoms. The summed E-state index contributed by atoms with van der Waals surface area (Å²) >= 11 is 11.9. The summed E-state index contributed by atoms with van der Waals surface area (Å²) in [4.78, 5) is 43.1. The zero-order valence-corrected chi connectivity index (χ0v) is 20.4. The fraction of sp³-hybridized carbons (Fsp3) is 0.542. The summed E-state index contributed by atoms with van der Waals surface area (Å²) in [6.45, 7) is 3.93. The van der Waals surface area contributed by atoms with Crippen molar-refractivity contribution in [2.24, 2.45) is 0 Å². The Morgan fingerprint density at radius 1 is 1.12 bits per heavy atom. The van der Waals surface area contributed by atoms with E-state index in [0.29, 0.717) is 42.8 Å². The Bertz CT molecular complexity index is 923. The third-order valence-corrected chi connectivity index (χ3v) is 7.24. The molecule has 0 saturated carbocycles. The van der Waals surface area contributed by atoms with E-state index >= 15 is 0 Å². The molecule has 1 N–H and O–H groups in total. The molecule has 9 heteroatoms. The van der Waals surface area contributed by atoms with Crippen LogP contribution in [0.1, 0.15) is 44.6 Å². The Balaban J connectivity index is 1.53. The fourth-order valence-electron chi connectivity index (χ4n) is 4.35. The zero-order chi connectivity index (χ0) is 24.0. The van der Waals surface area contributed by atoms with Crippen molar-refractivity contribution in [1.29, 1.82) is 0 Å². The molecule has 1 aromatic rings. The molecule has 180 valence electrons. The third kappa shape index (κ3) is 6.49. The molecule has 0 spiro atoms. The van der Waals surface area contributed by atoms with Crippen molar-refractivity contribution in [2.75, 3.05) is 39.3 Å².